The van der Waals surface area contributed by atoms with Gasteiger partial charge < -0.3 is 52.8 Å². The van der Waals surface area contributed by atoms with Crippen molar-refractivity contribution in [2.75, 3.05) is 73.6 Å². The van der Waals surface area contributed by atoms with Crippen LogP contribution in [0.25, 0.3) is 22.5 Å². The smallest absolute Gasteiger partial charge is 0.343 e. The van der Waals surface area contributed by atoms with E-state index in [4.69, 9.17) is 43.6 Å². The molecule has 2 unspecified atom stereocenters. The van der Waals surface area contributed by atoms with E-state index in [-0.39, 0.29) is 58.1 Å². The second-order valence-electron chi connectivity index (χ2n) is 19.7. The summed E-state index contributed by atoms with van der Waals surface area (Å²) in [5.41, 5.74) is 10.1. The van der Waals surface area contributed by atoms with Crippen LogP contribution >= 0.6 is 0 Å². The zero-order valence-corrected chi connectivity index (χ0v) is 43.5. The van der Waals surface area contributed by atoms with E-state index < -0.39 is 11.9 Å². The summed E-state index contributed by atoms with van der Waals surface area (Å²) in [7, 11) is 3.21. The van der Waals surface area contributed by atoms with E-state index in [0.29, 0.717) is 62.6 Å². The van der Waals surface area contributed by atoms with Crippen LogP contribution in [0.2, 0.25) is 0 Å². The number of benzene rings is 2. The summed E-state index contributed by atoms with van der Waals surface area (Å²) in [4.78, 5) is 50.6. The standard InChI is InChI=1S/C29H41NO6.C26H36N2O6/c1-7-9-10-12-34-13-11-14-36-26-15-20-16-27(29(3,4)5)30-19-22(28(32)35-8-2)24(31)18-23(30)21(20)17-25(26)33-6;1-6-33-25(30)19-16-28-20(15-21(19)29)18-14-22(31-5)23(34-10-7-9-32-11-8-27)12-17(18)13-24(28)26(2,3)4/h15,17-19,27H,7-14,16H2,1-6H3;12,14-16,24H,6-11,13,27H2,1-5H3. The van der Waals surface area contributed by atoms with Gasteiger partial charge >= 0.3 is 11.9 Å². The Morgan fingerprint density at radius 1 is 0.571 bits per heavy atom. The van der Waals surface area contributed by atoms with Gasteiger partial charge in [0.05, 0.1) is 58.6 Å². The number of nitrogens with zero attached hydrogens (tertiary/aromatic N) is 2. The average Bonchev–Trinajstić information content (AvgIpc) is 3.31. The number of hydrogen-bond donors (Lipinski definition) is 1. The van der Waals surface area contributed by atoms with Gasteiger partial charge in [0.1, 0.15) is 11.1 Å². The van der Waals surface area contributed by atoms with Crippen molar-refractivity contribution in [3.8, 4) is 45.5 Å². The summed E-state index contributed by atoms with van der Waals surface area (Å²) in [6.45, 7) is 23.1. The van der Waals surface area contributed by atoms with Gasteiger partial charge in [-0.3, -0.25) is 9.59 Å². The van der Waals surface area contributed by atoms with Crippen molar-refractivity contribution < 1.29 is 47.5 Å². The molecular formula is C55H77N3O12. The lowest BCUT2D eigenvalue weighted by Gasteiger charge is -2.39. The van der Waals surface area contributed by atoms with Crippen LogP contribution in [-0.4, -0.2) is 94.7 Å². The Hall–Kier alpha value is -5.64. The molecule has 0 aliphatic carbocycles. The van der Waals surface area contributed by atoms with Crippen LogP contribution in [0.1, 0.15) is 138 Å². The number of hydrogen-bond acceptors (Lipinski definition) is 13. The zero-order chi connectivity index (χ0) is 51.2. The molecule has 0 saturated carbocycles. The molecule has 2 aromatic carbocycles. The Kier molecular flexibility index (Phi) is 20.1. The molecule has 0 bridgehead atoms. The maximum Gasteiger partial charge on any atom is 0.343 e. The third kappa shape index (κ3) is 13.8. The van der Waals surface area contributed by atoms with Gasteiger partial charge in [-0.05, 0) is 79.3 Å². The molecule has 2 N–H and O–H groups in total. The number of fused-ring (bicyclic) bond motifs is 6. The Bertz CT molecular complexity index is 2510. The number of aromatic nitrogens is 2. The quantitative estimate of drug-likeness (QED) is 0.0582. The lowest BCUT2D eigenvalue weighted by atomic mass is 9.78. The maximum absolute atomic E-state index is 12.9. The van der Waals surface area contributed by atoms with E-state index in [0.717, 1.165) is 72.4 Å². The first-order valence-corrected chi connectivity index (χ1v) is 24.8. The van der Waals surface area contributed by atoms with Gasteiger partial charge in [-0.25, -0.2) is 9.59 Å². The molecule has 0 radical (unpaired) electrons. The van der Waals surface area contributed by atoms with Crippen molar-refractivity contribution in [2.45, 2.75) is 119 Å². The van der Waals surface area contributed by atoms with Gasteiger partial charge in [0.2, 0.25) is 0 Å². The van der Waals surface area contributed by atoms with E-state index in [2.05, 4.69) is 48.5 Å². The van der Waals surface area contributed by atoms with Gasteiger partial charge in [0.15, 0.2) is 33.9 Å². The van der Waals surface area contributed by atoms with Crippen molar-refractivity contribution in [3.05, 3.63) is 91.5 Å². The number of pyridine rings is 2. The molecule has 0 fully saturated rings. The number of unbranched alkanes of at least 4 members (excludes halogenated alkanes) is 2. The minimum Gasteiger partial charge on any atom is -0.493 e. The second-order valence-corrected chi connectivity index (χ2v) is 19.7. The van der Waals surface area contributed by atoms with Crippen LogP contribution in [0, 0.1) is 10.8 Å². The fourth-order valence-corrected chi connectivity index (χ4v) is 8.82. The van der Waals surface area contributed by atoms with Gasteiger partial charge in [0.25, 0.3) is 0 Å². The van der Waals surface area contributed by atoms with Crippen LogP contribution in [0.3, 0.4) is 0 Å². The van der Waals surface area contributed by atoms with Crippen LogP contribution < -0.4 is 35.5 Å². The molecular weight excluding hydrogens is 895 g/mol. The van der Waals surface area contributed by atoms with Crippen molar-refractivity contribution in [3.63, 3.8) is 0 Å². The van der Waals surface area contributed by atoms with Gasteiger partial charge in [0, 0.05) is 86.9 Å². The Morgan fingerprint density at radius 2 is 0.986 bits per heavy atom. The Morgan fingerprint density at radius 3 is 1.36 bits per heavy atom. The largest absolute Gasteiger partial charge is 0.493 e. The summed E-state index contributed by atoms with van der Waals surface area (Å²) in [5.74, 6) is 1.36. The molecule has 0 saturated heterocycles. The normalized spacial score (nSPS) is 14.7. The maximum atomic E-state index is 12.9. The minimum atomic E-state index is -0.599. The second kappa shape index (κ2) is 25.5. The Labute approximate surface area is 413 Å². The number of methoxy groups -OCH3 is 2. The monoisotopic (exact) mass is 972 g/mol. The molecule has 384 valence electrons. The number of esters is 2. The topological polar surface area (TPSA) is 178 Å². The molecule has 2 aliphatic heterocycles. The fraction of sp³-hybridized carbons (Fsp3) is 0.564. The van der Waals surface area contributed by atoms with Crippen molar-refractivity contribution in [1.29, 1.82) is 0 Å². The highest BCUT2D eigenvalue weighted by molar-refractivity contribution is 5.90. The summed E-state index contributed by atoms with van der Waals surface area (Å²) < 4.78 is 48.8. The summed E-state index contributed by atoms with van der Waals surface area (Å²) in [5, 5.41) is 0. The molecule has 4 heterocycles. The number of ether oxygens (including phenoxy) is 8. The third-order valence-electron chi connectivity index (χ3n) is 12.5. The van der Waals surface area contributed by atoms with E-state index in [1.807, 2.05) is 33.4 Å². The van der Waals surface area contributed by atoms with Gasteiger partial charge in [-0.1, -0.05) is 61.3 Å². The van der Waals surface area contributed by atoms with Crippen molar-refractivity contribution in [1.82, 2.24) is 9.13 Å². The number of carbonyl (C=O) groups excluding carboxylic acids is 2. The van der Waals surface area contributed by atoms with E-state index in [1.54, 1.807) is 46.5 Å². The van der Waals surface area contributed by atoms with Gasteiger partial charge in [-0.15, -0.1) is 0 Å². The lowest BCUT2D eigenvalue weighted by Crippen LogP contribution is -2.33. The first-order valence-electron chi connectivity index (χ1n) is 24.8. The number of carbonyl (C=O) groups is 2. The van der Waals surface area contributed by atoms with Crippen molar-refractivity contribution in [2.24, 2.45) is 16.6 Å². The third-order valence-corrected chi connectivity index (χ3v) is 12.5. The fourth-order valence-electron chi connectivity index (χ4n) is 8.82. The lowest BCUT2D eigenvalue weighted by molar-refractivity contribution is 0.0513. The van der Waals surface area contributed by atoms with Crippen LogP contribution in [-0.2, 0) is 31.8 Å². The highest BCUT2D eigenvalue weighted by atomic mass is 16.5. The average molecular weight is 972 g/mol. The molecule has 6 rings (SSSR count). The first kappa shape index (κ1) is 55.3. The molecule has 4 aromatic rings. The predicted molar refractivity (Wildman–Crippen MR) is 272 cm³/mol. The molecule has 0 amide bonds. The molecule has 0 spiro atoms. The molecule has 2 atom stereocenters. The van der Waals surface area contributed by atoms with E-state index >= 15 is 0 Å². The summed E-state index contributed by atoms with van der Waals surface area (Å²) in [6, 6.07) is 11.0. The first-order chi connectivity index (χ1) is 33.4. The van der Waals surface area contributed by atoms with Crippen molar-refractivity contribution >= 4 is 11.9 Å². The van der Waals surface area contributed by atoms with Crippen LogP contribution in [0.5, 0.6) is 23.0 Å². The predicted octanol–water partition coefficient (Wildman–Crippen LogP) is 9.41. The van der Waals surface area contributed by atoms with Crippen LogP contribution in [0.4, 0.5) is 0 Å². The molecule has 15 heteroatoms. The summed E-state index contributed by atoms with van der Waals surface area (Å²) in [6.07, 6.45) is 9.76. The molecule has 2 aliphatic rings. The van der Waals surface area contributed by atoms with Gasteiger partial charge in [-0.2, -0.15) is 0 Å². The molecule has 15 nitrogen and oxygen atoms in total. The molecule has 70 heavy (non-hydrogen) atoms. The number of nitrogens with two attached hydrogens (primary N) is 1. The highest BCUT2D eigenvalue weighted by Gasteiger charge is 2.36. The van der Waals surface area contributed by atoms with E-state index in [1.165, 1.54) is 18.9 Å². The Balaban J connectivity index is 0.000000261. The SMILES string of the molecule is CCCCCOCCCOc1cc2c(cc1OC)-c1cc(=O)c(C(=O)OCC)cn1C(C(C)(C)C)C2.CCOC(=O)c1cn2c(cc1=O)-c1cc(OC)c(OCCCOCCN)cc1CC2C(C)(C)C. The van der Waals surface area contributed by atoms with Crippen LogP contribution in [0.15, 0.2) is 58.4 Å². The van der Waals surface area contributed by atoms with E-state index in [9.17, 15) is 19.2 Å². The highest BCUT2D eigenvalue weighted by Crippen LogP contribution is 2.47. The summed E-state index contributed by atoms with van der Waals surface area (Å²) >= 11 is 0. The minimum absolute atomic E-state index is 0.0229. The zero-order valence-electron chi connectivity index (χ0n) is 43.5. The molecule has 2 aromatic heterocycles. The number of rotatable bonds is 22.